The van der Waals surface area contributed by atoms with E-state index in [1.807, 2.05) is 0 Å². The third-order valence-corrected chi connectivity index (χ3v) is 4.46. The van der Waals surface area contributed by atoms with E-state index >= 15 is 0 Å². The van der Waals surface area contributed by atoms with Crippen LogP contribution in [0.1, 0.15) is 57.8 Å². The highest BCUT2D eigenvalue weighted by Crippen LogP contribution is 2.39. The summed E-state index contributed by atoms with van der Waals surface area (Å²) in [5.74, 6) is 3.26. The Morgan fingerprint density at radius 2 is 1.62 bits per heavy atom. The van der Waals surface area contributed by atoms with E-state index in [1.54, 1.807) is 25.7 Å². The Balaban J connectivity index is 1.66. The standard InChI is InChI=1S/C12H23B/c13-12-7-3-6-11(12)9-8-10-4-1-2-5-10/h10-12H,1-9,13H2/t11?,12-/m1/s1. The molecule has 0 radical (unpaired) electrons. The van der Waals surface area contributed by atoms with Crippen LogP contribution in [0.25, 0.3) is 0 Å². The predicted octanol–water partition coefficient (Wildman–Crippen LogP) is 3.18. The lowest BCUT2D eigenvalue weighted by Gasteiger charge is -2.17. The van der Waals surface area contributed by atoms with Gasteiger partial charge in [0.2, 0.25) is 0 Å². The summed E-state index contributed by atoms with van der Waals surface area (Å²) in [6, 6.07) is 0. The first kappa shape index (κ1) is 9.61. The third-order valence-electron chi connectivity index (χ3n) is 4.46. The largest absolute Gasteiger partial charge is 0.105 e. The maximum absolute atomic E-state index is 2.46. The van der Waals surface area contributed by atoms with E-state index in [9.17, 15) is 0 Å². The Hall–Kier alpha value is 0.0649. The summed E-state index contributed by atoms with van der Waals surface area (Å²) >= 11 is 0. The van der Waals surface area contributed by atoms with E-state index in [2.05, 4.69) is 7.85 Å². The summed E-state index contributed by atoms with van der Waals surface area (Å²) < 4.78 is 0. The molecule has 74 valence electrons. The van der Waals surface area contributed by atoms with Crippen LogP contribution in [-0.4, -0.2) is 7.85 Å². The molecule has 2 aliphatic carbocycles. The molecule has 2 atom stereocenters. The highest BCUT2D eigenvalue weighted by Gasteiger charge is 2.24. The van der Waals surface area contributed by atoms with Crippen LogP contribution in [0, 0.1) is 11.8 Å². The minimum Gasteiger partial charge on any atom is -0.0669 e. The van der Waals surface area contributed by atoms with Crippen molar-refractivity contribution in [2.45, 2.75) is 63.6 Å². The predicted molar refractivity (Wildman–Crippen MR) is 60.8 cm³/mol. The summed E-state index contributed by atoms with van der Waals surface area (Å²) in [5.41, 5.74) is 0. The Bertz CT molecular complexity index is 149. The minimum absolute atomic E-state index is 1.04. The SMILES string of the molecule is B[C@@H]1CCCC1CCC1CCCC1. The fourth-order valence-corrected chi connectivity index (χ4v) is 3.40. The Labute approximate surface area is 83.9 Å². The Morgan fingerprint density at radius 1 is 0.846 bits per heavy atom. The van der Waals surface area contributed by atoms with Crippen molar-refractivity contribution in [3.8, 4) is 0 Å². The first-order valence-electron chi connectivity index (χ1n) is 6.36. The second-order valence-electron chi connectivity index (χ2n) is 5.40. The van der Waals surface area contributed by atoms with E-state index in [4.69, 9.17) is 0 Å². The van der Waals surface area contributed by atoms with Gasteiger partial charge in [-0.15, -0.1) is 0 Å². The zero-order valence-corrected chi connectivity index (χ0v) is 9.10. The van der Waals surface area contributed by atoms with Crippen molar-refractivity contribution in [2.24, 2.45) is 11.8 Å². The number of hydrogen-bond acceptors (Lipinski definition) is 0. The van der Waals surface area contributed by atoms with Gasteiger partial charge in [0.15, 0.2) is 0 Å². The Morgan fingerprint density at radius 3 is 2.23 bits per heavy atom. The van der Waals surface area contributed by atoms with Crippen LogP contribution in [-0.2, 0) is 0 Å². The van der Waals surface area contributed by atoms with Crippen LogP contribution in [0.2, 0.25) is 5.82 Å². The van der Waals surface area contributed by atoms with Gasteiger partial charge in [0.25, 0.3) is 0 Å². The molecule has 0 bridgehead atoms. The molecule has 0 spiro atoms. The van der Waals surface area contributed by atoms with Gasteiger partial charge in [0, 0.05) is 0 Å². The molecule has 1 heteroatoms. The molecule has 2 rings (SSSR count). The van der Waals surface area contributed by atoms with E-state index in [0.29, 0.717) is 0 Å². The number of hydrogen-bond donors (Lipinski definition) is 0. The molecule has 2 saturated carbocycles. The quantitative estimate of drug-likeness (QED) is 0.582. The van der Waals surface area contributed by atoms with E-state index in [-0.39, 0.29) is 0 Å². The zero-order chi connectivity index (χ0) is 9.10. The summed E-state index contributed by atoms with van der Waals surface area (Å²) in [6.45, 7) is 0. The van der Waals surface area contributed by atoms with Gasteiger partial charge in [-0.2, -0.15) is 0 Å². The lowest BCUT2D eigenvalue weighted by atomic mass is 9.76. The normalized spacial score (nSPS) is 35.7. The van der Waals surface area contributed by atoms with Crippen molar-refractivity contribution in [1.82, 2.24) is 0 Å². The maximum atomic E-state index is 2.46. The smallest absolute Gasteiger partial charge is 0.0669 e. The molecule has 0 aliphatic heterocycles. The highest BCUT2D eigenvalue weighted by atomic mass is 14.3. The van der Waals surface area contributed by atoms with Crippen LogP contribution in [0.4, 0.5) is 0 Å². The van der Waals surface area contributed by atoms with Gasteiger partial charge in [-0.3, -0.25) is 0 Å². The monoisotopic (exact) mass is 178 g/mol. The van der Waals surface area contributed by atoms with Crippen molar-refractivity contribution < 1.29 is 0 Å². The van der Waals surface area contributed by atoms with Gasteiger partial charge in [-0.1, -0.05) is 63.6 Å². The van der Waals surface area contributed by atoms with Crippen molar-refractivity contribution in [3.63, 3.8) is 0 Å². The molecule has 0 aromatic rings. The third kappa shape index (κ3) is 2.51. The fourth-order valence-electron chi connectivity index (χ4n) is 3.40. The van der Waals surface area contributed by atoms with E-state index in [1.165, 1.54) is 32.1 Å². The van der Waals surface area contributed by atoms with Crippen molar-refractivity contribution in [3.05, 3.63) is 0 Å². The van der Waals surface area contributed by atoms with Crippen LogP contribution >= 0.6 is 0 Å². The van der Waals surface area contributed by atoms with E-state index in [0.717, 1.165) is 17.7 Å². The van der Waals surface area contributed by atoms with Gasteiger partial charge in [-0.05, 0) is 11.8 Å². The summed E-state index contributed by atoms with van der Waals surface area (Å²) in [7, 11) is 2.46. The lowest BCUT2D eigenvalue weighted by Crippen LogP contribution is -2.04. The molecular formula is C12H23B. The van der Waals surface area contributed by atoms with E-state index < -0.39 is 0 Å². The van der Waals surface area contributed by atoms with Gasteiger partial charge in [-0.25, -0.2) is 0 Å². The van der Waals surface area contributed by atoms with Crippen molar-refractivity contribution in [1.29, 1.82) is 0 Å². The van der Waals surface area contributed by atoms with Gasteiger partial charge in [0.05, 0.1) is 0 Å². The van der Waals surface area contributed by atoms with Crippen molar-refractivity contribution >= 4 is 7.85 Å². The molecule has 0 amide bonds. The molecule has 1 unspecified atom stereocenters. The maximum Gasteiger partial charge on any atom is 0.105 e. The molecule has 0 saturated heterocycles. The summed E-state index contributed by atoms with van der Waals surface area (Å²) in [4.78, 5) is 0. The molecule has 2 fully saturated rings. The minimum atomic E-state index is 1.04. The lowest BCUT2D eigenvalue weighted by molar-refractivity contribution is 0.403. The molecule has 0 nitrogen and oxygen atoms in total. The van der Waals surface area contributed by atoms with Crippen LogP contribution in [0.5, 0.6) is 0 Å². The topological polar surface area (TPSA) is 0 Å². The molecule has 2 aliphatic rings. The first-order valence-corrected chi connectivity index (χ1v) is 6.36. The van der Waals surface area contributed by atoms with Gasteiger partial charge in [0.1, 0.15) is 7.85 Å². The zero-order valence-electron chi connectivity index (χ0n) is 9.10. The van der Waals surface area contributed by atoms with Crippen molar-refractivity contribution in [2.75, 3.05) is 0 Å². The first-order chi connectivity index (χ1) is 6.36. The van der Waals surface area contributed by atoms with Crippen LogP contribution < -0.4 is 0 Å². The summed E-state index contributed by atoms with van der Waals surface area (Å²) in [6.07, 6.45) is 13.8. The Kier molecular flexibility index (Phi) is 3.35. The molecular weight excluding hydrogens is 155 g/mol. The highest BCUT2D eigenvalue weighted by molar-refractivity contribution is 6.11. The van der Waals surface area contributed by atoms with Gasteiger partial charge >= 0.3 is 0 Å². The van der Waals surface area contributed by atoms with Gasteiger partial charge < -0.3 is 0 Å². The summed E-state index contributed by atoms with van der Waals surface area (Å²) in [5, 5.41) is 0. The van der Waals surface area contributed by atoms with Crippen LogP contribution in [0.3, 0.4) is 0 Å². The van der Waals surface area contributed by atoms with Crippen LogP contribution in [0.15, 0.2) is 0 Å². The average Bonchev–Trinajstić information content (AvgIpc) is 2.72. The second kappa shape index (κ2) is 4.53. The molecule has 0 aromatic carbocycles. The molecule has 13 heavy (non-hydrogen) atoms. The second-order valence-corrected chi connectivity index (χ2v) is 5.40. The molecule has 0 aromatic heterocycles. The number of rotatable bonds is 3. The average molecular weight is 178 g/mol. The molecule has 0 N–H and O–H groups in total. The molecule has 0 heterocycles. The fraction of sp³-hybridized carbons (Fsp3) is 1.00.